The molecule has 0 aromatic heterocycles. The predicted octanol–water partition coefficient (Wildman–Crippen LogP) is 22.2. The van der Waals surface area contributed by atoms with Crippen molar-refractivity contribution in [2.45, 2.75) is 354 Å². The van der Waals surface area contributed by atoms with Gasteiger partial charge in [0.1, 0.15) is 13.2 Å². The molecule has 0 saturated carbocycles. The van der Waals surface area contributed by atoms with Crippen LogP contribution in [-0.4, -0.2) is 37.2 Å². The van der Waals surface area contributed by atoms with Crippen LogP contribution in [0.15, 0.2) is 48.6 Å². The topological polar surface area (TPSA) is 78.9 Å². The molecule has 0 amide bonds. The van der Waals surface area contributed by atoms with Crippen molar-refractivity contribution in [2.75, 3.05) is 13.2 Å². The molecule has 0 aliphatic rings. The van der Waals surface area contributed by atoms with Crippen LogP contribution in [0, 0.1) is 0 Å². The molecule has 0 aromatic carbocycles. The van der Waals surface area contributed by atoms with E-state index in [-0.39, 0.29) is 37.5 Å². The van der Waals surface area contributed by atoms with E-state index in [4.69, 9.17) is 14.2 Å². The van der Waals surface area contributed by atoms with Gasteiger partial charge >= 0.3 is 17.9 Å². The molecule has 0 aliphatic carbocycles. The van der Waals surface area contributed by atoms with E-state index in [0.29, 0.717) is 19.3 Å². The van der Waals surface area contributed by atoms with Gasteiger partial charge in [-0.3, -0.25) is 14.4 Å². The highest BCUT2D eigenvalue weighted by Crippen LogP contribution is 2.18. The summed E-state index contributed by atoms with van der Waals surface area (Å²) >= 11 is 0. The van der Waals surface area contributed by atoms with E-state index in [0.717, 1.165) is 64.2 Å². The summed E-state index contributed by atoms with van der Waals surface area (Å²) in [6.07, 6.45) is 78.6. The van der Waals surface area contributed by atoms with E-state index in [1.54, 1.807) is 0 Å². The molecule has 0 aromatic rings. The molecule has 0 saturated heterocycles. The lowest BCUT2D eigenvalue weighted by Crippen LogP contribution is -2.30. The summed E-state index contributed by atoms with van der Waals surface area (Å²) in [7, 11) is 0. The first-order chi connectivity index (χ1) is 36.5. The predicted molar refractivity (Wildman–Crippen MR) is 321 cm³/mol. The third kappa shape index (κ3) is 60.2. The fourth-order valence-electron chi connectivity index (χ4n) is 9.76. The van der Waals surface area contributed by atoms with Gasteiger partial charge in [-0.2, -0.15) is 0 Å². The zero-order valence-electron chi connectivity index (χ0n) is 49.6. The molecule has 432 valence electrons. The number of esters is 3. The average molecular weight is 1040 g/mol. The summed E-state index contributed by atoms with van der Waals surface area (Å²) in [5.74, 6) is -0.952. The van der Waals surface area contributed by atoms with Crippen molar-refractivity contribution >= 4 is 17.9 Å². The highest BCUT2D eigenvalue weighted by molar-refractivity contribution is 5.71. The fourth-order valence-corrected chi connectivity index (χ4v) is 9.76. The first-order valence-corrected chi connectivity index (χ1v) is 32.6. The van der Waals surface area contributed by atoms with Gasteiger partial charge in [-0.1, -0.05) is 333 Å². The van der Waals surface area contributed by atoms with E-state index in [9.17, 15) is 14.4 Å². The summed E-state index contributed by atoms with van der Waals surface area (Å²) in [4.78, 5) is 38.2. The minimum absolute atomic E-state index is 0.0899. The number of hydrogen-bond acceptors (Lipinski definition) is 6. The summed E-state index contributed by atoms with van der Waals surface area (Å²) < 4.78 is 16.9. The Morgan fingerprint density at radius 3 is 0.824 bits per heavy atom. The van der Waals surface area contributed by atoms with Crippen LogP contribution in [0.5, 0.6) is 0 Å². The Kier molecular flexibility index (Phi) is 60.7. The molecule has 74 heavy (non-hydrogen) atoms. The summed E-state index contributed by atoms with van der Waals surface area (Å²) in [5, 5.41) is 0. The monoisotopic (exact) mass is 1040 g/mol. The van der Waals surface area contributed by atoms with E-state index in [2.05, 4.69) is 63.3 Å². The van der Waals surface area contributed by atoms with Gasteiger partial charge < -0.3 is 14.2 Å². The molecule has 6 nitrogen and oxygen atoms in total. The van der Waals surface area contributed by atoms with Crippen molar-refractivity contribution in [2.24, 2.45) is 0 Å². The second-order valence-corrected chi connectivity index (χ2v) is 22.0. The Balaban J connectivity index is 4.29. The minimum Gasteiger partial charge on any atom is -0.462 e. The number of unbranched alkanes of at least 4 members (excludes halogenated alkanes) is 41. The van der Waals surface area contributed by atoms with E-state index in [1.807, 2.05) is 6.08 Å². The van der Waals surface area contributed by atoms with Crippen LogP contribution in [0.3, 0.4) is 0 Å². The van der Waals surface area contributed by atoms with Crippen molar-refractivity contribution in [1.82, 2.24) is 0 Å². The summed E-state index contributed by atoms with van der Waals surface area (Å²) in [6, 6.07) is 0. The van der Waals surface area contributed by atoms with Crippen molar-refractivity contribution in [3.63, 3.8) is 0 Å². The van der Waals surface area contributed by atoms with Crippen molar-refractivity contribution in [3.8, 4) is 0 Å². The molecule has 0 radical (unpaired) electrons. The Morgan fingerprint density at radius 1 is 0.284 bits per heavy atom. The Morgan fingerprint density at radius 2 is 0.527 bits per heavy atom. The summed E-state index contributed by atoms with van der Waals surface area (Å²) in [6.45, 7) is 6.53. The highest BCUT2D eigenvalue weighted by Gasteiger charge is 2.19. The largest absolute Gasteiger partial charge is 0.462 e. The number of carbonyl (C=O) groups excluding carboxylic acids is 3. The lowest BCUT2D eigenvalue weighted by molar-refractivity contribution is -0.166. The van der Waals surface area contributed by atoms with Gasteiger partial charge in [0, 0.05) is 19.3 Å². The molecule has 0 aliphatic heterocycles. The molecule has 0 N–H and O–H groups in total. The van der Waals surface area contributed by atoms with Crippen LogP contribution in [0.1, 0.15) is 348 Å². The highest BCUT2D eigenvalue weighted by atomic mass is 16.6. The Bertz CT molecular complexity index is 1280. The van der Waals surface area contributed by atoms with Gasteiger partial charge in [0.05, 0.1) is 0 Å². The minimum atomic E-state index is -0.799. The second-order valence-electron chi connectivity index (χ2n) is 22.0. The summed E-state index contributed by atoms with van der Waals surface area (Å²) in [5.41, 5.74) is 0. The Hall–Kier alpha value is -2.63. The third-order valence-corrected chi connectivity index (χ3v) is 14.6. The van der Waals surface area contributed by atoms with Crippen LogP contribution in [0.2, 0.25) is 0 Å². The number of allylic oxidation sites excluding steroid dienone is 8. The van der Waals surface area contributed by atoms with Crippen molar-refractivity contribution in [1.29, 1.82) is 0 Å². The molecular formula is C68H124O6. The molecule has 0 bridgehead atoms. The standard InChI is InChI=1S/C68H124O6/c1-4-7-10-13-16-19-22-25-27-29-31-33-34-35-37-38-40-43-46-49-52-55-58-61-67(70)73-64-65(63-72-66(69)60-57-54-51-48-45-42-24-21-18-15-12-9-6-3)74-68(71)62-59-56-53-50-47-44-41-39-36-32-30-28-26-23-20-17-14-11-8-5-2/h9,12,18,21,42,45,51,54,65H,4-8,10-11,13-17,19-20,22-41,43-44,46-50,52-53,55-64H2,1-3H3/b12-9-,21-18-,45-42-,54-51-. The third-order valence-electron chi connectivity index (χ3n) is 14.6. The normalized spacial score (nSPS) is 12.3. The van der Waals surface area contributed by atoms with Gasteiger partial charge in [-0.15, -0.1) is 0 Å². The quantitative estimate of drug-likeness (QED) is 0.0261. The molecule has 1 atom stereocenters. The number of hydrogen-bond donors (Lipinski definition) is 0. The van der Waals surface area contributed by atoms with E-state index in [1.165, 1.54) is 238 Å². The molecule has 0 rings (SSSR count). The fraction of sp³-hybridized carbons (Fsp3) is 0.838. The lowest BCUT2D eigenvalue weighted by atomic mass is 10.0. The number of carbonyl (C=O) groups is 3. The van der Waals surface area contributed by atoms with Gasteiger partial charge in [-0.25, -0.2) is 0 Å². The maximum Gasteiger partial charge on any atom is 0.306 e. The van der Waals surface area contributed by atoms with Crippen LogP contribution < -0.4 is 0 Å². The molecule has 6 heteroatoms. The zero-order chi connectivity index (χ0) is 53.6. The van der Waals surface area contributed by atoms with Crippen LogP contribution in [0.4, 0.5) is 0 Å². The number of rotatable bonds is 60. The van der Waals surface area contributed by atoms with Gasteiger partial charge in [0.2, 0.25) is 0 Å². The van der Waals surface area contributed by atoms with E-state index >= 15 is 0 Å². The lowest BCUT2D eigenvalue weighted by Gasteiger charge is -2.18. The average Bonchev–Trinajstić information content (AvgIpc) is 3.40. The molecule has 1 unspecified atom stereocenters. The number of ether oxygens (including phenoxy) is 3. The first kappa shape index (κ1) is 71.4. The zero-order valence-corrected chi connectivity index (χ0v) is 49.6. The molecular weight excluding hydrogens is 913 g/mol. The van der Waals surface area contributed by atoms with Crippen molar-refractivity contribution < 1.29 is 28.6 Å². The smallest absolute Gasteiger partial charge is 0.306 e. The van der Waals surface area contributed by atoms with Gasteiger partial charge in [0.15, 0.2) is 6.10 Å². The molecule has 0 fully saturated rings. The first-order valence-electron chi connectivity index (χ1n) is 32.6. The van der Waals surface area contributed by atoms with Gasteiger partial charge in [-0.05, 0) is 44.9 Å². The molecule has 0 heterocycles. The second kappa shape index (κ2) is 62.9. The van der Waals surface area contributed by atoms with E-state index < -0.39 is 6.10 Å². The maximum atomic E-state index is 12.9. The molecule has 0 spiro atoms. The van der Waals surface area contributed by atoms with Crippen LogP contribution in [-0.2, 0) is 28.6 Å². The van der Waals surface area contributed by atoms with Crippen LogP contribution in [0.25, 0.3) is 0 Å². The van der Waals surface area contributed by atoms with Gasteiger partial charge in [0.25, 0.3) is 0 Å². The van der Waals surface area contributed by atoms with Crippen LogP contribution >= 0.6 is 0 Å². The SMILES string of the molecule is CC/C=C\C/C=C\C/C=C\C/C=C\CCC(=O)OCC(COC(=O)CCCCCCCCCCCCCCCCCCCCCCCCC)OC(=O)CCCCCCCCCCCCCCCCCCCCCC. The Labute approximate surface area is 460 Å². The van der Waals surface area contributed by atoms with Crippen molar-refractivity contribution in [3.05, 3.63) is 48.6 Å². The maximum absolute atomic E-state index is 12.9.